The number of halogens is 4. The molecule has 1 N–H and O–H groups in total. The molecule has 1 aromatic heterocycles. The van der Waals surface area contributed by atoms with Crippen LogP contribution in [0.5, 0.6) is 11.5 Å². The molecule has 0 aliphatic carbocycles. The average Bonchev–Trinajstić information content (AvgIpc) is 3.16. The molecule has 2 heterocycles. The number of aromatic nitrogens is 3. The highest BCUT2D eigenvalue weighted by Crippen LogP contribution is 2.36. The highest BCUT2D eigenvalue weighted by Gasteiger charge is 2.26. The molecule has 0 bridgehead atoms. The van der Waals surface area contributed by atoms with Gasteiger partial charge in [-0.25, -0.2) is 4.68 Å². The van der Waals surface area contributed by atoms with E-state index in [-0.39, 0.29) is 11.5 Å². The van der Waals surface area contributed by atoms with Crippen LogP contribution in [0.1, 0.15) is 17.2 Å². The SMILES string of the molecule is FC(F)Oc1ccc(C2=C[C@H](c3ccccc3OC(F)F)n3ncnc3N2)cc1. The molecule has 0 fully saturated rings. The zero-order chi connectivity index (χ0) is 20.4. The maximum absolute atomic E-state index is 12.8. The van der Waals surface area contributed by atoms with E-state index in [9.17, 15) is 17.6 Å². The third kappa shape index (κ3) is 4.00. The Hall–Kier alpha value is -3.56. The van der Waals surface area contributed by atoms with Gasteiger partial charge in [-0.05, 0) is 42.0 Å². The molecule has 1 aliphatic heterocycles. The van der Waals surface area contributed by atoms with Crippen molar-refractivity contribution in [3.63, 3.8) is 0 Å². The smallest absolute Gasteiger partial charge is 0.387 e. The first-order valence-corrected chi connectivity index (χ1v) is 8.48. The Morgan fingerprint density at radius 1 is 0.931 bits per heavy atom. The Morgan fingerprint density at radius 2 is 1.66 bits per heavy atom. The van der Waals surface area contributed by atoms with Crippen LogP contribution in [0.15, 0.2) is 60.9 Å². The van der Waals surface area contributed by atoms with Crippen LogP contribution in [0.2, 0.25) is 0 Å². The van der Waals surface area contributed by atoms with Crippen LogP contribution in [0, 0.1) is 0 Å². The molecule has 2 aromatic carbocycles. The number of anilines is 1. The minimum atomic E-state index is -2.97. The first kappa shape index (κ1) is 18.8. The van der Waals surface area contributed by atoms with E-state index >= 15 is 0 Å². The molecule has 0 saturated heterocycles. The van der Waals surface area contributed by atoms with Crippen LogP contribution < -0.4 is 14.8 Å². The second-order valence-corrected chi connectivity index (χ2v) is 6.00. The van der Waals surface area contributed by atoms with Gasteiger partial charge in [-0.15, -0.1) is 0 Å². The second-order valence-electron chi connectivity index (χ2n) is 6.00. The number of para-hydroxylation sites is 1. The first-order valence-electron chi connectivity index (χ1n) is 8.48. The predicted octanol–water partition coefficient (Wildman–Crippen LogP) is 4.54. The van der Waals surface area contributed by atoms with E-state index in [1.807, 2.05) is 0 Å². The molecule has 29 heavy (non-hydrogen) atoms. The average molecular weight is 406 g/mol. The van der Waals surface area contributed by atoms with Gasteiger partial charge in [0.2, 0.25) is 5.95 Å². The van der Waals surface area contributed by atoms with Gasteiger partial charge in [0.25, 0.3) is 0 Å². The monoisotopic (exact) mass is 406 g/mol. The molecule has 0 unspecified atom stereocenters. The number of nitrogens with zero attached hydrogens (tertiary/aromatic N) is 3. The van der Waals surface area contributed by atoms with E-state index in [0.717, 1.165) is 0 Å². The van der Waals surface area contributed by atoms with Crippen LogP contribution in [0.25, 0.3) is 5.70 Å². The van der Waals surface area contributed by atoms with Crippen molar-refractivity contribution in [1.82, 2.24) is 14.8 Å². The van der Waals surface area contributed by atoms with Gasteiger partial charge in [-0.1, -0.05) is 18.2 Å². The summed E-state index contributed by atoms with van der Waals surface area (Å²) in [6.45, 7) is -5.89. The van der Waals surface area contributed by atoms with Gasteiger partial charge >= 0.3 is 13.2 Å². The number of hydrogen-bond acceptors (Lipinski definition) is 5. The van der Waals surface area contributed by atoms with Crippen molar-refractivity contribution >= 4 is 11.6 Å². The summed E-state index contributed by atoms with van der Waals surface area (Å²) in [6, 6.07) is 11.8. The number of allylic oxidation sites excluding steroid dienone is 1. The molecule has 150 valence electrons. The number of ether oxygens (including phenoxy) is 2. The lowest BCUT2D eigenvalue weighted by Crippen LogP contribution is -2.21. The van der Waals surface area contributed by atoms with Crippen LogP contribution >= 0.6 is 0 Å². The number of nitrogens with one attached hydrogen (secondary N) is 1. The summed E-state index contributed by atoms with van der Waals surface area (Å²) in [6.07, 6.45) is 3.10. The molecular weight excluding hydrogens is 392 g/mol. The molecule has 10 heteroatoms. The van der Waals surface area contributed by atoms with Gasteiger partial charge in [0, 0.05) is 11.3 Å². The Bertz CT molecular complexity index is 1020. The molecule has 0 amide bonds. The summed E-state index contributed by atoms with van der Waals surface area (Å²) < 4.78 is 60.9. The van der Waals surface area contributed by atoms with Crippen LogP contribution in [0.4, 0.5) is 23.5 Å². The maximum Gasteiger partial charge on any atom is 0.387 e. The summed E-state index contributed by atoms with van der Waals surface area (Å²) in [5.41, 5.74) is 1.74. The Morgan fingerprint density at radius 3 is 2.38 bits per heavy atom. The normalized spacial score (nSPS) is 15.7. The fourth-order valence-corrected chi connectivity index (χ4v) is 3.07. The third-order valence-corrected chi connectivity index (χ3v) is 4.25. The molecule has 0 spiro atoms. The first-order chi connectivity index (χ1) is 14.0. The van der Waals surface area contributed by atoms with Gasteiger partial charge in [-0.2, -0.15) is 27.6 Å². The van der Waals surface area contributed by atoms with Crippen LogP contribution in [0.3, 0.4) is 0 Å². The highest BCUT2D eigenvalue weighted by molar-refractivity contribution is 5.77. The quantitative estimate of drug-likeness (QED) is 0.610. The molecule has 0 saturated carbocycles. The van der Waals surface area contributed by atoms with E-state index in [2.05, 4.69) is 24.9 Å². The van der Waals surface area contributed by atoms with E-state index in [4.69, 9.17) is 0 Å². The van der Waals surface area contributed by atoms with Crippen molar-refractivity contribution in [2.45, 2.75) is 19.3 Å². The number of hydrogen-bond donors (Lipinski definition) is 1. The van der Waals surface area contributed by atoms with Crippen molar-refractivity contribution in [2.75, 3.05) is 5.32 Å². The van der Waals surface area contributed by atoms with Crippen molar-refractivity contribution < 1.29 is 27.0 Å². The number of rotatable bonds is 6. The zero-order valence-corrected chi connectivity index (χ0v) is 14.7. The fourth-order valence-electron chi connectivity index (χ4n) is 3.07. The lowest BCUT2D eigenvalue weighted by molar-refractivity contribution is -0.0510. The molecule has 1 aliphatic rings. The van der Waals surface area contributed by atoms with Crippen molar-refractivity contribution in [2.24, 2.45) is 0 Å². The van der Waals surface area contributed by atoms with Gasteiger partial charge in [0.1, 0.15) is 23.9 Å². The molecule has 1 atom stereocenters. The number of fused-ring (bicyclic) bond motifs is 1. The number of benzene rings is 2. The molecule has 6 nitrogen and oxygen atoms in total. The molecular formula is C19H14F4N4O2. The van der Waals surface area contributed by atoms with E-state index in [1.54, 1.807) is 36.4 Å². The van der Waals surface area contributed by atoms with Gasteiger partial charge in [-0.3, -0.25) is 0 Å². The van der Waals surface area contributed by atoms with Crippen molar-refractivity contribution in [3.8, 4) is 11.5 Å². The van der Waals surface area contributed by atoms with Crippen molar-refractivity contribution in [1.29, 1.82) is 0 Å². The summed E-state index contributed by atoms with van der Waals surface area (Å²) >= 11 is 0. The lowest BCUT2D eigenvalue weighted by atomic mass is 10.0. The Labute approximate surface area is 162 Å². The van der Waals surface area contributed by atoms with Gasteiger partial charge in [0.15, 0.2) is 0 Å². The van der Waals surface area contributed by atoms with E-state index in [0.29, 0.717) is 22.8 Å². The van der Waals surface area contributed by atoms with Gasteiger partial charge < -0.3 is 14.8 Å². The highest BCUT2D eigenvalue weighted by atomic mass is 19.3. The lowest BCUT2D eigenvalue weighted by Gasteiger charge is -2.25. The molecule has 4 rings (SSSR count). The third-order valence-electron chi connectivity index (χ3n) is 4.25. The van der Waals surface area contributed by atoms with Crippen LogP contribution in [-0.4, -0.2) is 28.0 Å². The van der Waals surface area contributed by atoms with Gasteiger partial charge in [0.05, 0.1) is 0 Å². The Balaban J connectivity index is 1.72. The fraction of sp³-hybridized carbons (Fsp3) is 0.158. The summed E-state index contributed by atoms with van der Waals surface area (Å²) in [5.74, 6) is 0.440. The van der Waals surface area contributed by atoms with E-state index in [1.165, 1.54) is 29.2 Å². The maximum atomic E-state index is 12.8. The molecule has 0 radical (unpaired) electrons. The van der Waals surface area contributed by atoms with E-state index < -0.39 is 19.3 Å². The summed E-state index contributed by atoms with van der Waals surface area (Å²) in [5, 5.41) is 7.25. The van der Waals surface area contributed by atoms with Crippen molar-refractivity contribution in [3.05, 3.63) is 72.1 Å². The second kappa shape index (κ2) is 7.82. The minimum Gasteiger partial charge on any atom is -0.435 e. The largest absolute Gasteiger partial charge is 0.435 e. The number of alkyl halides is 4. The standard InChI is InChI=1S/C19H14F4N4O2/c20-17(21)28-12-7-5-11(6-8-12)14-9-15(27-19(26-14)24-10-25-27)13-3-1-2-4-16(13)29-18(22)23/h1-10,15,17-18H,(H,24,25,26)/t15-/m1/s1. The minimum absolute atomic E-state index is 0.0205. The Kier molecular flexibility index (Phi) is 5.07. The topological polar surface area (TPSA) is 61.2 Å². The summed E-state index contributed by atoms with van der Waals surface area (Å²) in [4.78, 5) is 4.14. The predicted molar refractivity (Wildman–Crippen MR) is 95.9 cm³/mol. The molecule has 3 aromatic rings. The van der Waals surface area contributed by atoms with Crippen LogP contribution in [-0.2, 0) is 0 Å². The zero-order valence-electron chi connectivity index (χ0n) is 14.7. The summed E-state index contributed by atoms with van der Waals surface area (Å²) in [7, 11) is 0.